The summed E-state index contributed by atoms with van der Waals surface area (Å²) in [6, 6.07) is 6.69. The van der Waals surface area contributed by atoms with Gasteiger partial charge >= 0.3 is 0 Å². The third-order valence-electron chi connectivity index (χ3n) is 6.77. The zero-order chi connectivity index (χ0) is 24.4. The summed E-state index contributed by atoms with van der Waals surface area (Å²) in [7, 11) is 4.06. The number of benzene rings is 1. The Balaban J connectivity index is 1.21. The van der Waals surface area contributed by atoms with Crippen LogP contribution in [0.2, 0.25) is 10.0 Å². The Labute approximate surface area is 216 Å². The summed E-state index contributed by atoms with van der Waals surface area (Å²) in [5, 5.41) is 11.7. The zero-order valence-corrected chi connectivity index (χ0v) is 21.6. The van der Waals surface area contributed by atoms with Crippen LogP contribution in [-0.4, -0.2) is 81.9 Å². The molecule has 4 heterocycles. The highest BCUT2D eigenvalue weighted by Gasteiger charge is 2.27. The van der Waals surface area contributed by atoms with Crippen LogP contribution in [0.25, 0.3) is 0 Å². The quantitative estimate of drug-likeness (QED) is 0.505. The lowest BCUT2D eigenvalue weighted by Crippen LogP contribution is -2.52. The van der Waals surface area contributed by atoms with E-state index in [2.05, 4.69) is 53.5 Å². The maximum Gasteiger partial charge on any atom is 0.229 e. The maximum atomic E-state index is 6.72. The number of anilines is 5. The van der Waals surface area contributed by atoms with E-state index in [1.165, 1.54) is 39.0 Å². The van der Waals surface area contributed by atoms with Crippen LogP contribution in [0.1, 0.15) is 12.8 Å². The first-order valence-electron chi connectivity index (χ1n) is 12.0. The Morgan fingerprint density at radius 3 is 2.34 bits per heavy atom. The number of hydrogen-bond acceptors (Lipinski definition) is 8. The van der Waals surface area contributed by atoms with E-state index < -0.39 is 0 Å². The molecule has 0 unspecified atom stereocenters. The molecule has 0 bridgehead atoms. The van der Waals surface area contributed by atoms with Gasteiger partial charge in [0.1, 0.15) is 5.02 Å². The monoisotopic (exact) mass is 515 g/mol. The molecule has 0 atom stereocenters. The van der Waals surface area contributed by atoms with Gasteiger partial charge in [0.25, 0.3) is 0 Å². The highest BCUT2D eigenvalue weighted by atomic mass is 35.5. The number of aromatic nitrogens is 4. The van der Waals surface area contributed by atoms with Gasteiger partial charge in [-0.15, -0.1) is 0 Å². The van der Waals surface area contributed by atoms with E-state index in [0.29, 0.717) is 22.8 Å². The predicted octanol–water partition coefficient (Wildman–Crippen LogP) is 4.22. The highest BCUT2D eigenvalue weighted by molar-refractivity contribution is 6.33. The Morgan fingerprint density at radius 1 is 0.886 bits per heavy atom. The highest BCUT2D eigenvalue weighted by Crippen LogP contribution is 2.33. The van der Waals surface area contributed by atoms with Crippen molar-refractivity contribution >= 4 is 52.0 Å². The van der Waals surface area contributed by atoms with Crippen LogP contribution in [-0.2, 0) is 7.05 Å². The fraction of sp³-hybridized carbons (Fsp3) is 0.458. The zero-order valence-electron chi connectivity index (χ0n) is 20.1. The topological polar surface area (TPSA) is 77.4 Å². The Kier molecular flexibility index (Phi) is 7.29. The first-order valence-corrected chi connectivity index (χ1v) is 12.7. The molecule has 2 aromatic heterocycles. The van der Waals surface area contributed by atoms with Crippen molar-refractivity contribution in [1.82, 2.24) is 29.5 Å². The fourth-order valence-corrected chi connectivity index (χ4v) is 5.21. The average Bonchev–Trinajstić information content (AvgIpc) is 3.26. The fourth-order valence-electron chi connectivity index (χ4n) is 4.77. The van der Waals surface area contributed by atoms with E-state index in [1.807, 2.05) is 25.4 Å². The molecule has 186 valence electrons. The molecule has 0 radical (unpaired) electrons. The lowest BCUT2D eigenvalue weighted by Gasteiger charge is -2.42. The summed E-state index contributed by atoms with van der Waals surface area (Å²) >= 11 is 13.0. The molecule has 0 saturated carbocycles. The number of nitrogens with one attached hydrogen (secondary N) is 2. The number of hydrogen-bond donors (Lipinski definition) is 2. The van der Waals surface area contributed by atoms with Crippen LogP contribution < -0.4 is 15.5 Å². The van der Waals surface area contributed by atoms with Gasteiger partial charge in [0.15, 0.2) is 5.82 Å². The third kappa shape index (κ3) is 5.81. The molecule has 2 aliphatic heterocycles. The van der Waals surface area contributed by atoms with Crippen molar-refractivity contribution in [2.45, 2.75) is 18.9 Å². The average molecular weight is 516 g/mol. The molecule has 2 saturated heterocycles. The van der Waals surface area contributed by atoms with E-state index in [-0.39, 0.29) is 0 Å². The van der Waals surface area contributed by atoms with Gasteiger partial charge in [-0.3, -0.25) is 9.58 Å². The van der Waals surface area contributed by atoms with Crippen molar-refractivity contribution in [2.75, 3.05) is 61.8 Å². The van der Waals surface area contributed by atoms with E-state index in [9.17, 15) is 0 Å². The van der Waals surface area contributed by atoms with Crippen LogP contribution in [0.15, 0.2) is 36.8 Å². The lowest BCUT2D eigenvalue weighted by molar-refractivity contribution is 0.0982. The van der Waals surface area contributed by atoms with Crippen LogP contribution >= 0.6 is 23.2 Å². The lowest BCUT2D eigenvalue weighted by atomic mass is 10.0. The molecule has 2 aliphatic rings. The van der Waals surface area contributed by atoms with Crippen molar-refractivity contribution < 1.29 is 0 Å². The van der Waals surface area contributed by atoms with Crippen molar-refractivity contribution in [3.8, 4) is 0 Å². The largest absolute Gasteiger partial charge is 0.370 e. The minimum absolute atomic E-state index is 0.424. The molecule has 2 fully saturated rings. The van der Waals surface area contributed by atoms with Crippen molar-refractivity contribution in [1.29, 1.82) is 0 Å². The first kappa shape index (κ1) is 24.1. The molecule has 0 amide bonds. The number of halogens is 2. The molecular weight excluding hydrogens is 485 g/mol. The smallest absolute Gasteiger partial charge is 0.229 e. The van der Waals surface area contributed by atoms with Gasteiger partial charge < -0.3 is 20.4 Å². The van der Waals surface area contributed by atoms with Gasteiger partial charge in [0.05, 0.1) is 28.8 Å². The second-order valence-electron chi connectivity index (χ2n) is 9.27. The van der Waals surface area contributed by atoms with Gasteiger partial charge in [-0.2, -0.15) is 10.1 Å². The van der Waals surface area contributed by atoms with Gasteiger partial charge in [-0.25, -0.2) is 4.98 Å². The van der Waals surface area contributed by atoms with Crippen LogP contribution in [0, 0.1) is 0 Å². The van der Waals surface area contributed by atoms with Gasteiger partial charge in [-0.1, -0.05) is 23.2 Å². The molecule has 0 aliphatic carbocycles. The third-order valence-corrected chi connectivity index (χ3v) is 7.35. The summed E-state index contributed by atoms with van der Waals surface area (Å²) in [6.45, 7) is 6.72. The molecule has 1 aromatic carbocycles. The number of aryl methyl sites for hydroxylation is 1. The van der Waals surface area contributed by atoms with Gasteiger partial charge in [0.2, 0.25) is 5.95 Å². The second-order valence-corrected chi connectivity index (χ2v) is 10.1. The Hall–Kier alpha value is -2.59. The molecule has 35 heavy (non-hydrogen) atoms. The number of piperazine rings is 1. The SMILES string of the molecule is CN1CCN(C2CCN(c3ccc(Nc4ncc(Cl)c(Nc5cnn(C)c5)n4)cc3Cl)CC2)CC1. The Morgan fingerprint density at radius 2 is 1.66 bits per heavy atom. The van der Waals surface area contributed by atoms with Crippen LogP contribution in [0.4, 0.5) is 28.8 Å². The first-order chi connectivity index (χ1) is 16.9. The predicted molar refractivity (Wildman–Crippen MR) is 143 cm³/mol. The summed E-state index contributed by atoms with van der Waals surface area (Å²) in [4.78, 5) is 16.3. The maximum absolute atomic E-state index is 6.72. The molecule has 2 N–H and O–H groups in total. The van der Waals surface area contributed by atoms with Crippen LogP contribution in [0.3, 0.4) is 0 Å². The standard InChI is InChI=1S/C24H31Cl2N9/c1-32-9-11-34(12-10-32)19-5-7-35(8-6-19)22-4-3-17(13-20(22)25)30-24-27-15-21(26)23(31-24)29-18-14-28-33(2)16-18/h3-4,13-16,19H,5-12H2,1-2H3,(H2,27,29,30,31). The molecule has 11 heteroatoms. The normalized spacial score (nSPS) is 18.1. The van der Waals surface area contributed by atoms with Crippen molar-refractivity contribution in [2.24, 2.45) is 7.05 Å². The van der Waals surface area contributed by atoms with E-state index in [1.54, 1.807) is 17.1 Å². The number of piperidine rings is 1. The number of rotatable bonds is 6. The van der Waals surface area contributed by atoms with E-state index in [4.69, 9.17) is 23.2 Å². The molecule has 0 spiro atoms. The van der Waals surface area contributed by atoms with Gasteiger partial charge in [0, 0.05) is 64.2 Å². The number of nitrogens with zero attached hydrogens (tertiary/aromatic N) is 7. The van der Waals surface area contributed by atoms with E-state index in [0.717, 1.165) is 35.2 Å². The summed E-state index contributed by atoms with van der Waals surface area (Å²) in [5.41, 5.74) is 2.69. The summed E-state index contributed by atoms with van der Waals surface area (Å²) in [5.74, 6) is 0.931. The summed E-state index contributed by atoms with van der Waals surface area (Å²) in [6.07, 6.45) is 7.46. The van der Waals surface area contributed by atoms with E-state index >= 15 is 0 Å². The second kappa shape index (κ2) is 10.6. The van der Waals surface area contributed by atoms with Gasteiger partial charge in [-0.05, 0) is 38.1 Å². The minimum Gasteiger partial charge on any atom is -0.370 e. The van der Waals surface area contributed by atoms with Crippen molar-refractivity contribution in [3.05, 3.63) is 46.8 Å². The minimum atomic E-state index is 0.424. The number of likely N-dealkylation sites (N-methyl/N-ethyl adjacent to an activating group) is 1. The Bertz CT molecular complexity index is 1150. The summed E-state index contributed by atoms with van der Waals surface area (Å²) < 4.78 is 1.70. The molecule has 3 aromatic rings. The molecule has 9 nitrogen and oxygen atoms in total. The van der Waals surface area contributed by atoms with Crippen molar-refractivity contribution in [3.63, 3.8) is 0 Å². The van der Waals surface area contributed by atoms with Crippen LogP contribution in [0.5, 0.6) is 0 Å². The molecular formula is C24H31Cl2N9. The molecule has 5 rings (SSSR count).